The Bertz CT molecular complexity index is 421. The lowest BCUT2D eigenvalue weighted by Crippen LogP contribution is -2.37. The summed E-state index contributed by atoms with van der Waals surface area (Å²) in [5.74, 6) is 0.472. The molecular weight excluding hydrogens is 254 g/mol. The highest BCUT2D eigenvalue weighted by Crippen LogP contribution is 2.11. The Morgan fingerprint density at radius 3 is 2.80 bits per heavy atom. The Morgan fingerprint density at radius 2 is 2.20 bits per heavy atom. The molecule has 0 bridgehead atoms. The molecule has 0 atom stereocenters. The minimum absolute atomic E-state index is 0.0349. The first-order valence-corrected chi connectivity index (χ1v) is 6.88. The molecule has 112 valence electrons. The molecule has 0 aliphatic rings. The number of carbonyl (C=O) groups is 1. The summed E-state index contributed by atoms with van der Waals surface area (Å²) < 4.78 is 5.08. The zero-order valence-corrected chi connectivity index (χ0v) is 12.6. The van der Waals surface area contributed by atoms with Crippen molar-refractivity contribution < 1.29 is 9.53 Å². The van der Waals surface area contributed by atoms with E-state index in [0.717, 1.165) is 18.8 Å². The fourth-order valence-electron chi connectivity index (χ4n) is 1.99. The minimum Gasteiger partial charge on any atom is -0.399 e. The van der Waals surface area contributed by atoms with E-state index in [9.17, 15) is 4.79 Å². The van der Waals surface area contributed by atoms with E-state index in [2.05, 4.69) is 24.1 Å². The number of nitrogens with zero attached hydrogens (tertiary/aromatic N) is 1. The van der Waals surface area contributed by atoms with E-state index in [1.165, 1.54) is 0 Å². The Balaban J connectivity index is 2.52. The summed E-state index contributed by atoms with van der Waals surface area (Å²) >= 11 is 0. The van der Waals surface area contributed by atoms with Crippen molar-refractivity contribution in [1.29, 1.82) is 0 Å². The van der Waals surface area contributed by atoms with Crippen LogP contribution in [-0.4, -0.2) is 44.2 Å². The molecule has 0 heterocycles. The van der Waals surface area contributed by atoms with Gasteiger partial charge in [-0.3, -0.25) is 9.69 Å². The smallest absolute Gasteiger partial charge is 0.238 e. The molecule has 5 heteroatoms. The molecular formula is C15H25N3O2. The summed E-state index contributed by atoms with van der Waals surface area (Å²) in [6.07, 6.45) is 0. The van der Waals surface area contributed by atoms with Gasteiger partial charge in [-0.15, -0.1) is 0 Å². The van der Waals surface area contributed by atoms with E-state index >= 15 is 0 Å². The third-order valence-electron chi connectivity index (χ3n) is 2.77. The van der Waals surface area contributed by atoms with E-state index in [1.807, 2.05) is 12.1 Å². The zero-order valence-electron chi connectivity index (χ0n) is 12.6. The molecule has 1 aromatic rings. The Kier molecular flexibility index (Phi) is 7.04. The number of nitrogen functional groups attached to an aromatic ring is 1. The first-order valence-electron chi connectivity index (χ1n) is 6.88. The highest BCUT2D eigenvalue weighted by atomic mass is 16.5. The Labute approximate surface area is 121 Å². The molecule has 3 N–H and O–H groups in total. The van der Waals surface area contributed by atoms with E-state index in [4.69, 9.17) is 10.5 Å². The van der Waals surface area contributed by atoms with Crippen LogP contribution in [0.5, 0.6) is 0 Å². The van der Waals surface area contributed by atoms with Gasteiger partial charge in [0.25, 0.3) is 0 Å². The summed E-state index contributed by atoms with van der Waals surface area (Å²) in [4.78, 5) is 14.1. The number of hydrogen-bond donors (Lipinski definition) is 2. The van der Waals surface area contributed by atoms with Gasteiger partial charge >= 0.3 is 0 Å². The maximum atomic E-state index is 12.0. The predicted octanol–water partition coefficient (Wildman–Crippen LogP) is 1.81. The van der Waals surface area contributed by atoms with Crippen molar-refractivity contribution >= 4 is 17.3 Å². The second-order valence-electron chi connectivity index (χ2n) is 5.30. The molecule has 1 aromatic carbocycles. The monoisotopic (exact) mass is 279 g/mol. The molecule has 0 unspecified atom stereocenters. The first-order chi connectivity index (χ1) is 9.51. The Morgan fingerprint density at radius 1 is 1.45 bits per heavy atom. The van der Waals surface area contributed by atoms with Crippen LogP contribution in [-0.2, 0) is 9.53 Å². The van der Waals surface area contributed by atoms with Crippen molar-refractivity contribution in [2.45, 2.75) is 13.8 Å². The number of carbonyl (C=O) groups excluding carboxylic acids is 1. The molecule has 0 radical (unpaired) electrons. The van der Waals surface area contributed by atoms with Gasteiger partial charge in [0.05, 0.1) is 13.2 Å². The van der Waals surface area contributed by atoms with E-state index in [-0.39, 0.29) is 5.91 Å². The summed E-state index contributed by atoms with van der Waals surface area (Å²) in [5, 5.41) is 2.86. The van der Waals surface area contributed by atoms with E-state index in [1.54, 1.807) is 19.2 Å². The maximum absolute atomic E-state index is 12.0. The summed E-state index contributed by atoms with van der Waals surface area (Å²) in [6.45, 7) is 6.87. The first kappa shape index (κ1) is 16.5. The molecule has 0 aliphatic carbocycles. The van der Waals surface area contributed by atoms with Gasteiger partial charge in [-0.1, -0.05) is 19.9 Å². The quantitative estimate of drug-likeness (QED) is 0.712. The largest absolute Gasteiger partial charge is 0.399 e. The average molecular weight is 279 g/mol. The van der Waals surface area contributed by atoms with E-state index in [0.29, 0.717) is 24.8 Å². The van der Waals surface area contributed by atoms with Crippen molar-refractivity contribution in [2.24, 2.45) is 5.92 Å². The number of nitrogens with two attached hydrogens (primary N) is 1. The molecule has 1 rings (SSSR count). The van der Waals surface area contributed by atoms with Crippen LogP contribution in [0, 0.1) is 5.92 Å². The third-order valence-corrected chi connectivity index (χ3v) is 2.77. The number of anilines is 2. The van der Waals surface area contributed by atoms with Crippen LogP contribution >= 0.6 is 0 Å². The third kappa shape index (κ3) is 6.54. The van der Waals surface area contributed by atoms with Crippen LogP contribution in [0.1, 0.15) is 13.8 Å². The number of ether oxygens (including phenoxy) is 1. The summed E-state index contributed by atoms with van der Waals surface area (Å²) in [5.41, 5.74) is 7.06. The van der Waals surface area contributed by atoms with Crippen molar-refractivity contribution in [3.63, 3.8) is 0 Å². The van der Waals surface area contributed by atoms with E-state index < -0.39 is 0 Å². The number of methoxy groups -OCH3 is 1. The van der Waals surface area contributed by atoms with Crippen LogP contribution in [0.15, 0.2) is 24.3 Å². The van der Waals surface area contributed by atoms with Crippen molar-refractivity contribution in [1.82, 2.24) is 4.90 Å². The molecule has 0 saturated carbocycles. The van der Waals surface area contributed by atoms with Crippen LogP contribution in [0.2, 0.25) is 0 Å². The maximum Gasteiger partial charge on any atom is 0.238 e. The summed E-state index contributed by atoms with van der Waals surface area (Å²) in [6, 6.07) is 7.19. The number of amides is 1. The molecule has 1 amide bonds. The number of nitrogens with one attached hydrogen (secondary N) is 1. The molecule has 0 saturated heterocycles. The lowest BCUT2D eigenvalue weighted by Gasteiger charge is -2.23. The highest BCUT2D eigenvalue weighted by Gasteiger charge is 2.12. The van der Waals surface area contributed by atoms with Crippen molar-refractivity contribution in [3.05, 3.63) is 24.3 Å². The standard InChI is InChI=1S/C15H25N3O2/c1-12(2)10-18(7-8-20-3)11-15(19)17-14-6-4-5-13(16)9-14/h4-6,9,12H,7-8,10-11,16H2,1-3H3,(H,17,19). The number of benzene rings is 1. The highest BCUT2D eigenvalue weighted by molar-refractivity contribution is 5.92. The Hall–Kier alpha value is -1.59. The van der Waals surface area contributed by atoms with Gasteiger partial charge in [0, 0.05) is 31.6 Å². The topological polar surface area (TPSA) is 67.6 Å². The number of hydrogen-bond acceptors (Lipinski definition) is 4. The average Bonchev–Trinajstić information content (AvgIpc) is 2.35. The fraction of sp³-hybridized carbons (Fsp3) is 0.533. The van der Waals surface area contributed by atoms with Crippen molar-refractivity contribution in [2.75, 3.05) is 44.4 Å². The fourth-order valence-corrected chi connectivity index (χ4v) is 1.99. The van der Waals surface area contributed by atoms with Crippen LogP contribution in [0.3, 0.4) is 0 Å². The predicted molar refractivity (Wildman–Crippen MR) is 82.6 cm³/mol. The van der Waals surface area contributed by atoms with Crippen LogP contribution in [0.4, 0.5) is 11.4 Å². The van der Waals surface area contributed by atoms with Crippen LogP contribution in [0.25, 0.3) is 0 Å². The second-order valence-corrected chi connectivity index (χ2v) is 5.30. The lowest BCUT2D eigenvalue weighted by atomic mass is 10.2. The van der Waals surface area contributed by atoms with Gasteiger partial charge in [-0.2, -0.15) is 0 Å². The molecule has 0 aromatic heterocycles. The van der Waals surface area contributed by atoms with Crippen molar-refractivity contribution in [3.8, 4) is 0 Å². The van der Waals surface area contributed by atoms with Gasteiger partial charge < -0.3 is 15.8 Å². The molecule has 5 nitrogen and oxygen atoms in total. The van der Waals surface area contributed by atoms with Gasteiger partial charge in [-0.05, 0) is 24.1 Å². The zero-order chi connectivity index (χ0) is 15.0. The molecule has 0 fully saturated rings. The minimum atomic E-state index is -0.0349. The van der Waals surface area contributed by atoms with Gasteiger partial charge in [-0.25, -0.2) is 0 Å². The van der Waals surface area contributed by atoms with Gasteiger partial charge in [0.1, 0.15) is 0 Å². The SMILES string of the molecule is COCCN(CC(=O)Nc1cccc(N)c1)CC(C)C. The molecule has 0 aliphatic heterocycles. The molecule has 20 heavy (non-hydrogen) atoms. The second kappa shape index (κ2) is 8.55. The van der Waals surface area contributed by atoms with Gasteiger partial charge in [0.2, 0.25) is 5.91 Å². The summed E-state index contributed by atoms with van der Waals surface area (Å²) in [7, 11) is 1.67. The normalized spacial score (nSPS) is 11.1. The van der Waals surface area contributed by atoms with Crippen LogP contribution < -0.4 is 11.1 Å². The number of rotatable bonds is 8. The lowest BCUT2D eigenvalue weighted by molar-refractivity contribution is -0.117. The molecule has 0 spiro atoms. The van der Waals surface area contributed by atoms with Gasteiger partial charge in [0.15, 0.2) is 0 Å².